The lowest BCUT2D eigenvalue weighted by atomic mass is 10.1. The second-order valence-electron chi connectivity index (χ2n) is 3.27. The van der Waals surface area contributed by atoms with Crippen LogP contribution in [-0.2, 0) is 4.74 Å². The number of hydrogen-bond donors (Lipinski definition) is 0. The van der Waals surface area contributed by atoms with Crippen LogP contribution >= 0.6 is 0 Å². The standard InChI is InChI=1S/C13H16O3/c1-3-9-16-10-8-13(14)11-4-6-12(15-2)7-5-11/h3-7H,1,8-10H2,2H3. The molecule has 0 aliphatic heterocycles. The van der Waals surface area contributed by atoms with Gasteiger partial charge in [-0.1, -0.05) is 6.08 Å². The molecule has 3 heteroatoms. The molecule has 3 nitrogen and oxygen atoms in total. The van der Waals surface area contributed by atoms with Gasteiger partial charge in [-0.15, -0.1) is 6.58 Å². The Labute approximate surface area is 95.7 Å². The molecule has 0 aromatic heterocycles. The van der Waals surface area contributed by atoms with E-state index >= 15 is 0 Å². The summed E-state index contributed by atoms with van der Waals surface area (Å²) in [5.74, 6) is 0.825. The van der Waals surface area contributed by atoms with Crippen molar-refractivity contribution in [3.05, 3.63) is 42.5 Å². The molecule has 0 amide bonds. The van der Waals surface area contributed by atoms with Crippen LogP contribution in [-0.4, -0.2) is 26.1 Å². The van der Waals surface area contributed by atoms with Gasteiger partial charge in [0.1, 0.15) is 5.75 Å². The van der Waals surface area contributed by atoms with Gasteiger partial charge in [0.25, 0.3) is 0 Å². The molecule has 0 spiro atoms. The van der Waals surface area contributed by atoms with E-state index in [0.717, 1.165) is 5.75 Å². The Morgan fingerprint density at radius 1 is 1.38 bits per heavy atom. The fraction of sp³-hybridized carbons (Fsp3) is 0.308. The van der Waals surface area contributed by atoms with Crippen LogP contribution in [0.15, 0.2) is 36.9 Å². The van der Waals surface area contributed by atoms with Gasteiger partial charge in [-0.3, -0.25) is 4.79 Å². The number of hydrogen-bond acceptors (Lipinski definition) is 3. The van der Waals surface area contributed by atoms with Crippen molar-refractivity contribution in [1.82, 2.24) is 0 Å². The zero-order valence-corrected chi connectivity index (χ0v) is 9.44. The van der Waals surface area contributed by atoms with Gasteiger partial charge >= 0.3 is 0 Å². The number of methoxy groups -OCH3 is 1. The zero-order valence-electron chi connectivity index (χ0n) is 9.44. The minimum Gasteiger partial charge on any atom is -0.497 e. The number of carbonyl (C=O) groups excluding carboxylic acids is 1. The van der Waals surface area contributed by atoms with Crippen LogP contribution in [0.1, 0.15) is 16.8 Å². The predicted octanol–water partition coefficient (Wildman–Crippen LogP) is 2.47. The minimum absolute atomic E-state index is 0.0757. The largest absolute Gasteiger partial charge is 0.497 e. The van der Waals surface area contributed by atoms with E-state index in [4.69, 9.17) is 9.47 Å². The lowest BCUT2D eigenvalue weighted by Gasteiger charge is -2.03. The van der Waals surface area contributed by atoms with E-state index in [2.05, 4.69) is 6.58 Å². The van der Waals surface area contributed by atoms with Gasteiger partial charge in [0.2, 0.25) is 0 Å². The summed E-state index contributed by atoms with van der Waals surface area (Å²) >= 11 is 0. The van der Waals surface area contributed by atoms with Crippen molar-refractivity contribution in [2.24, 2.45) is 0 Å². The number of ketones is 1. The first-order chi connectivity index (χ1) is 7.77. The third-order valence-electron chi connectivity index (χ3n) is 2.12. The van der Waals surface area contributed by atoms with Gasteiger partial charge in [0, 0.05) is 12.0 Å². The molecule has 0 atom stereocenters. The molecule has 0 aliphatic carbocycles. The summed E-state index contributed by atoms with van der Waals surface area (Å²) in [4.78, 5) is 11.7. The Kier molecular flexibility index (Phi) is 5.29. The molecule has 0 saturated heterocycles. The number of Topliss-reactive ketones (excluding diaryl/α,β-unsaturated/α-hetero) is 1. The molecule has 0 bridgehead atoms. The monoisotopic (exact) mass is 220 g/mol. The van der Waals surface area contributed by atoms with Gasteiger partial charge in [-0.2, -0.15) is 0 Å². The third-order valence-corrected chi connectivity index (χ3v) is 2.12. The van der Waals surface area contributed by atoms with Crippen molar-refractivity contribution < 1.29 is 14.3 Å². The van der Waals surface area contributed by atoms with Crippen LogP contribution in [0.25, 0.3) is 0 Å². The molecule has 86 valence electrons. The van der Waals surface area contributed by atoms with E-state index in [0.29, 0.717) is 25.2 Å². The van der Waals surface area contributed by atoms with Crippen LogP contribution in [0.3, 0.4) is 0 Å². The number of ether oxygens (including phenoxy) is 2. The number of benzene rings is 1. The Bertz CT molecular complexity index is 341. The second kappa shape index (κ2) is 6.80. The Balaban J connectivity index is 2.43. The molecule has 0 heterocycles. The first kappa shape index (κ1) is 12.5. The topological polar surface area (TPSA) is 35.5 Å². The van der Waals surface area contributed by atoms with Crippen LogP contribution in [0.4, 0.5) is 0 Å². The summed E-state index contributed by atoms with van der Waals surface area (Å²) in [5, 5.41) is 0. The minimum atomic E-state index is 0.0757. The molecule has 16 heavy (non-hydrogen) atoms. The molecule has 1 rings (SSSR count). The lowest BCUT2D eigenvalue weighted by Crippen LogP contribution is -2.04. The molecule has 0 unspecified atom stereocenters. The first-order valence-corrected chi connectivity index (χ1v) is 5.14. The van der Waals surface area contributed by atoms with E-state index in [1.54, 1.807) is 37.5 Å². The van der Waals surface area contributed by atoms with Crippen LogP contribution in [0, 0.1) is 0 Å². The normalized spacial score (nSPS) is 9.81. The summed E-state index contributed by atoms with van der Waals surface area (Å²) in [6, 6.07) is 7.07. The smallest absolute Gasteiger partial charge is 0.165 e. The van der Waals surface area contributed by atoms with Gasteiger partial charge in [0.15, 0.2) is 5.78 Å². The van der Waals surface area contributed by atoms with Crippen LogP contribution in [0.5, 0.6) is 5.75 Å². The summed E-state index contributed by atoms with van der Waals surface area (Å²) in [5.41, 5.74) is 0.683. The Hall–Kier alpha value is -1.61. The molecule has 0 radical (unpaired) electrons. The molecule has 0 N–H and O–H groups in total. The molecule has 0 saturated carbocycles. The van der Waals surface area contributed by atoms with E-state index < -0.39 is 0 Å². The highest BCUT2D eigenvalue weighted by atomic mass is 16.5. The highest BCUT2D eigenvalue weighted by Gasteiger charge is 2.05. The Morgan fingerprint density at radius 2 is 2.06 bits per heavy atom. The molecule has 0 aliphatic rings. The molecule has 0 fully saturated rings. The Morgan fingerprint density at radius 3 is 2.62 bits per heavy atom. The van der Waals surface area contributed by atoms with Crippen molar-refractivity contribution in [3.63, 3.8) is 0 Å². The third kappa shape index (κ3) is 3.87. The summed E-state index contributed by atoms with van der Waals surface area (Å²) in [6.07, 6.45) is 2.05. The van der Waals surface area contributed by atoms with Crippen LogP contribution < -0.4 is 4.74 Å². The van der Waals surface area contributed by atoms with Crippen molar-refractivity contribution >= 4 is 5.78 Å². The quantitative estimate of drug-likeness (QED) is 0.402. The average molecular weight is 220 g/mol. The fourth-order valence-electron chi connectivity index (χ4n) is 1.25. The van der Waals surface area contributed by atoms with E-state index in [1.807, 2.05) is 0 Å². The maximum atomic E-state index is 11.7. The lowest BCUT2D eigenvalue weighted by molar-refractivity contribution is 0.0910. The number of carbonyl (C=O) groups is 1. The molecule has 1 aromatic carbocycles. The fourth-order valence-corrected chi connectivity index (χ4v) is 1.25. The second-order valence-corrected chi connectivity index (χ2v) is 3.27. The maximum absolute atomic E-state index is 11.7. The summed E-state index contributed by atoms with van der Waals surface area (Å²) in [6.45, 7) is 4.44. The van der Waals surface area contributed by atoms with E-state index in [9.17, 15) is 4.79 Å². The zero-order chi connectivity index (χ0) is 11.8. The van der Waals surface area contributed by atoms with E-state index in [1.165, 1.54) is 0 Å². The van der Waals surface area contributed by atoms with Gasteiger partial charge in [0.05, 0.1) is 20.3 Å². The molecule has 1 aromatic rings. The summed E-state index contributed by atoms with van der Waals surface area (Å²) < 4.78 is 10.2. The van der Waals surface area contributed by atoms with E-state index in [-0.39, 0.29) is 5.78 Å². The van der Waals surface area contributed by atoms with Gasteiger partial charge in [-0.05, 0) is 24.3 Å². The SMILES string of the molecule is C=CCOCCC(=O)c1ccc(OC)cc1. The average Bonchev–Trinajstić information content (AvgIpc) is 2.34. The van der Waals surface area contributed by atoms with Crippen molar-refractivity contribution in [2.45, 2.75) is 6.42 Å². The van der Waals surface area contributed by atoms with Crippen molar-refractivity contribution in [1.29, 1.82) is 0 Å². The maximum Gasteiger partial charge on any atom is 0.165 e. The predicted molar refractivity (Wildman–Crippen MR) is 63.0 cm³/mol. The van der Waals surface area contributed by atoms with Gasteiger partial charge in [-0.25, -0.2) is 0 Å². The molecular weight excluding hydrogens is 204 g/mol. The van der Waals surface area contributed by atoms with Crippen molar-refractivity contribution in [2.75, 3.05) is 20.3 Å². The first-order valence-electron chi connectivity index (χ1n) is 5.14. The van der Waals surface area contributed by atoms with Gasteiger partial charge < -0.3 is 9.47 Å². The summed E-state index contributed by atoms with van der Waals surface area (Å²) in [7, 11) is 1.60. The molecular formula is C13H16O3. The van der Waals surface area contributed by atoms with Crippen LogP contribution in [0.2, 0.25) is 0 Å². The number of rotatable bonds is 7. The highest BCUT2D eigenvalue weighted by Crippen LogP contribution is 2.12. The van der Waals surface area contributed by atoms with Crippen molar-refractivity contribution in [3.8, 4) is 5.75 Å². The highest BCUT2D eigenvalue weighted by molar-refractivity contribution is 5.96.